The van der Waals surface area contributed by atoms with Crippen LogP contribution in [-0.4, -0.2) is 23.3 Å². The predicted molar refractivity (Wildman–Crippen MR) is 47.1 cm³/mol. The molecule has 72 valence electrons. The summed E-state index contributed by atoms with van der Waals surface area (Å²) in [6.07, 6.45) is 0.160. The average molecular weight is 174 g/mol. The van der Waals surface area contributed by atoms with Crippen LogP contribution in [0.1, 0.15) is 34.1 Å². The van der Waals surface area contributed by atoms with E-state index >= 15 is 0 Å². The molecule has 0 bridgehead atoms. The minimum Gasteiger partial charge on any atom is -0.481 e. The number of aliphatic carboxylic acids is 1. The first-order valence-electron chi connectivity index (χ1n) is 4.26. The van der Waals surface area contributed by atoms with E-state index in [1.807, 2.05) is 27.7 Å². The summed E-state index contributed by atoms with van der Waals surface area (Å²) in [4.78, 5) is 10.4. The standard InChI is InChI=1S/C9H18O3/c1-5-12-9(3,4)7(2)6-8(10)11/h7H,5-6H2,1-4H3,(H,10,11). The van der Waals surface area contributed by atoms with Crippen molar-refractivity contribution in [3.8, 4) is 0 Å². The van der Waals surface area contributed by atoms with Gasteiger partial charge >= 0.3 is 5.97 Å². The molecule has 0 aromatic rings. The number of carbonyl (C=O) groups is 1. The van der Waals surface area contributed by atoms with Crippen LogP contribution in [0.4, 0.5) is 0 Å². The van der Waals surface area contributed by atoms with Crippen LogP contribution >= 0.6 is 0 Å². The highest BCUT2D eigenvalue weighted by Crippen LogP contribution is 2.23. The first-order chi connectivity index (χ1) is 5.40. The summed E-state index contributed by atoms with van der Waals surface area (Å²) < 4.78 is 5.43. The molecule has 0 fully saturated rings. The normalized spacial score (nSPS) is 14.3. The number of carboxylic acids is 1. The van der Waals surface area contributed by atoms with E-state index in [4.69, 9.17) is 9.84 Å². The van der Waals surface area contributed by atoms with Gasteiger partial charge in [-0.15, -0.1) is 0 Å². The zero-order valence-corrected chi connectivity index (χ0v) is 8.26. The van der Waals surface area contributed by atoms with Crippen LogP contribution in [0.2, 0.25) is 0 Å². The fourth-order valence-electron chi connectivity index (χ4n) is 1.02. The Hall–Kier alpha value is -0.570. The lowest BCUT2D eigenvalue weighted by molar-refractivity contribution is -0.141. The number of rotatable bonds is 5. The zero-order chi connectivity index (χ0) is 9.78. The third kappa shape index (κ3) is 3.72. The van der Waals surface area contributed by atoms with Crippen molar-refractivity contribution in [3.05, 3.63) is 0 Å². The molecule has 0 saturated heterocycles. The Kier molecular flexibility index (Phi) is 4.24. The van der Waals surface area contributed by atoms with Gasteiger partial charge in [-0.1, -0.05) is 6.92 Å². The second-order valence-corrected chi connectivity index (χ2v) is 3.54. The summed E-state index contributed by atoms with van der Waals surface area (Å²) in [6, 6.07) is 0. The Morgan fingerprint density at radius 1 is 1.58 bits per heavy atom. The van der Waals surface area contributed by atoms with E-state index < -0.39 is 5.97 Å². The lowest BCUT2D eigenvalue weighted by Crippen LogP contribution is -2.34. The molecule has 1 N–H and O–H groups in total. The van der Waals surface area contributed by atoms with Crippen molar-refractivity contribution in [2.24, 2.45) is 5.92 Å². The minimum atomic E-state index is -0.768. The van der Waals surface area contributed by atoms with Crippen molar-refractivity contribution in [1.29, 1.82) is 0 Å². The molecule has 0 aliphatic heterocycles. The number of ether oxygens (including phenoxy) is 1. The molecule has 1 unspecified atom stereocenters. The Bertz CT molecular complexity index is 152. The topological polar surface area (TPSA) is 46.5 Å². The van der Waals surface area contributed by atoms with Gasteiger partial charge in [0, 0.05) is 6.61 Å². The molecule has 0 heterocycles. The van der Waals surface area contributed by atoms with E-state index in [-0.39, 0.29) is 17.9 Å². The first kappa shape index (κ1) is 11.4. The Labute approximate surface area is 73.7 Å². The molecule has 0 spiro atoms. The molecule has 0 rings (SSSR count). The number of hydrogen-bond acceptors (Lipinski definition) is 2. The molecule has 0 radical (unpaired) electrons. The molecule has 0 saturated carbocycles. The molecule has 0 aromatic carbocycles. The molecule has 0 amide bonds. The Morgan fingerprint density at radius 3 is 2.42 bits per heavy atom. The maximum Gasteiger partial charge on any atom is 0.303 e. The first-order valence-corrected chi connectivity index (χ1v) is 4.26. The SMILES string of the molecule is CCOC(C)(C)C(C)CC(=O)O. The van der Waals surface area contributed by atoms with Gasteiger partial charge in [-0.3, -0.25) is 4.79 Å². The smallest absolute Gasteiger partial charge is 0.303 e. The second-order valence-electron chi connectivity index (χ2n) is 3.54. The molecule has 1 atom stereocenters. The summed E-state index contributed by atoms with van der Waals surface area (Å²) in [6.45, 7) is 8.27. The van der Waals surface area contributed by atoms with Crippen molar-refractivity contribution in [2.45, 2.75) is 39.7 Å². The van der Waals surface area contributed by atoms with Crippen molar-refractivity contribution in [1.82, 2.24) is 0 Å². The van der Waals surface area contributed by atoms with Crippen molar-refractivity contribution in [2.75, 3.05) is 6.61 Å². The summed E-state index contributed by atoms with van der Waals surface area (Å²) in [5.41, 5.74) is -0.340. The third-order valence-corrected chi connectivity index (χ3v) is 2.18. The van der Waals surface area contributed by atoms with E-state index in [2.05, 4.69) is 0 Å². The van der Waals surface area contributed by atoms with Crippen LogP contribution in [-0.2, 0) is 9.53 Å². The molecule has 0 aliphatic carbocycles. The minimum absolute atomic E-state index is 0.0370. The highest BCUT2D eigenvalue weighted by Gasteiger charge is 2.27. The van der Waals surface area contributed by atoms with Crippen LogP contribution in [0.5, 0.6) is 0 Å². The van der Waals surface area contributed by atoms with Crippen molar-refractivity contribution in [3.63, 3.8) is 0 Å². The van der Waals surface area contributed by atoms with Crippen molar-refractivity contribution >= 4 is 5.97 Å². The van der Waals surface area contributed by atoms with Crippen LogP contribution < -0.4 is 0 Å². The van der Waals surface area contributed by atoms with Crippen LogP contribution in [0.15, 0.2) is 0 Å². The Morgan fingerprint density at radius 2 is 2.08 bits per heavy atom. The van der Waals surface area contributed by atoms with Gasteiger partial charge < -0.3 is 9.84 Å². The Balaban J connectivity index is 4.04. The van der Waals surface area contributed by atoms with E-state index in [0.29, 0.717) is 6.61 Å². The molecule has 3 nitrogen and oxygen atoms in total. The van der Waals surface area contributed by atoms with E-state index in [0.717, 1.165) is 0 Å². The zero-order valence-electron chi connectivity index (χ0n) is 8.26. The maximum absolute atomic E-state index is 10.4. The molecule has 0 aromatic heterocycles. The van der Waals surface area contributed by atoms with Gasteiger partial charge in [-0.05, 0) is 26.7 Å². The quantitative estimate of drug-likeness (QED) is 0.692. The fourth-order valence-corrected chi connectivity index (χ4v) is 1.02. The van der Waals surface area contributed by atoms with Gasteiger partial charge in [0.15, 0.2) is 0 Å². The molecule has 12 heavy (non-hydrogen) atoms. The molecular formula is C9H18O3. The van der Waals surface area contributed by atoms with Gasteiger partial charge in [0.2, 0.25) is 0 Å². The highest BCUT2D eigenvalue weighted by atomic mass is 16.5. The van der Waals surface area contributed by atoms with Gasteiger partial charge in [-0.2, -0.15) is 0 Å². The van der Waals surface area contributed by atoms with E-state index in [1.54, 1.807) is 0 Å². The summed E-state index contributed by atoms with van der Waals surface area (Å²) in [5.74, 6) is -0.731. The van der Waals surface area contributed by atoms with Gasteiger partial charge in [0.05, 0.1) is 12.0 Å². The maximum atomic E-state index is 10.4. The van der Waals surface area contributed by atoms with Crippen molar-refractivity contribution < 1.29 is 14.6 Å². The molecule has 3 heteroatoms. The monoisotopic (exact) mass is 174 g/mol. The average Bonchev–Trinajstić information content (AvgIpc) is 1.85. The summed E-state index contributed by atoms with van der Waals surface area (Å²) in [7, 11) is 0. The fraction of sp³-hybridized carbons (Fsp3) is 0.889. The van der Waals surface area contributed by atoms with Gasteiger partial charge in [-0.25, -0.2) is 0 Å². The predicted octanol–water partition coefficient (Wildman–Crippen LogP) is 1.91. The lowest BCUT2D eigenvalue weighted by Gasteiger charge is -2.30. The third-order valence-electron chi connectivity index (χ3n) is 2.18. The summed E-state index contributed by atoms with van der Waals surface area (Å²) in [5, 5.41) is 8.56. The highest BCUT2D eigenvalue weighted by molar-refractivity contribution is 5.67. The van der Waals surface area contributed by atoms with Crippen LogP contribution in [0, 0.1) is 5.92 Å². The molecule has 0 aliphatic rings. The van der Waals surface area contributed by atoms with Gasteiger partial charge in [0.1, 0.15) is 0 Å². The van der Waals surface area contributed by atoms with Crippen LogP contribution in [0.3, 0.4) is 0 Å². The summed E-state index contributed by atoms with van der Waals surface area (Å²) >= 11 is 0. The van der Waals surface area contributed by atoms with E-state index in [9.17, 15) is 4.79 Å². The number of carboxylic acid groups (broad SMARTS) is 1. The van der Waals surface area contributed by atoms with Gasteiger partial charge in [0.25, 0.3) is 0 Å². The molecular weight excluding hydrogens is 156 g/mol. The second kappa shape index (κ2) is 4.45. The van der Waals surface area contributed by atoms with Crippen LogP contribution in [0.25, 0.3) is 0 Å². The number of hydrogen-bond donors (Lipinski definition) is 1. The lowest BCUT2D eigenvalue weighted by atomic mass is 9.90. The van der Waals surface area contributed by atoms with E-state index in [1.165, 1.54) is 0 Å². The largest absolute Gasteiger partial charge is 0.481 e.